The summed E-state index contributed by atoms with van der Waals surface area (Å²) in [6, 6.07) is 0.228. The van der Waals surface area contributed by atoms with Crippen LogP contribution in [0, 0.1) is 11.8 Å². The van der Waals surface area contributed by atoms with Crippen molar-refractivity contribution < 1.29 is 9.53 Å². The molecule has 0 saturated heterocycles. The van der Waals surface area contributed by atoms with E-state index in [4.69, 9.17) is 4.74 Å². The fourth-order valence-corrected chi connectivity index (χ4v) is 2.69. The summed E-state index contributed by atoms with van der Waals surface area (Å²) in [5.74, 6) is 1.73. The Morgan fingerprint density at radius 2 is 2.00 bits per heavy atom. The van der Waals surface area contributed by atoms with Crippen molar-refractivity contribution in [3.63, 3.8) is 0 Å². The molecule has 3 nitrogen and oxygen atoms in total. The van der Waals surface area contributed by atoms with E-state index >= 15 is 0 Å². The van der Waals surface area contributed by atoms with Gasteiger partial charge in [0.2, 0.25) is 0 Å². The molecule has 0 radical (unpaired) electrons. The third-order valence-electron chi connectivity index (χ3n) is 3.96. The molecule has 1 aliphatic carbocycles. The summed E-state index contributed by atoms with van der Waals surface area (Å²) < 4.78 is 4.94. The normalized spacial score (nSPS) is 25.7. The van der Waals surface area contributed by atoms with Gasteiger partial charge in [-0.3, -0.25) is 4.79 Å². The molecule has 0 aromatic heterocycles. The average molecular weight is 255 g/mol. The van der Waals surface area contributed by atoms with Crippen LogP contribution >= 0.6 is 0 Å². The summed E-state index contributed by atoms with van der Waals surface area (Å²) in [5, 5.41) is 3.43. The van der Waals surface area contributed by atoms with Crippen molar-refractivity contribution in [2.24, 2.45) is 11.8 Å². The molecule has 0 bridgehead atoms. The first-order chi connectivity index (χ1) is 8.61. The Hall–Kier alpha value is -0.570. The minimum absolute atomic E-state index is 0.0935. The summed E-state index contributed by atoms with van der Waals surface area (Å²) in [6.07, 6.45) is 7.28. The van der Waals surface area contributed by atoms with Gasteiger partial charge < -0.3 is 10.1 Å². The van der Waals surface area contributed by atoms with Gasteiger partial charge in [0.1, 0.15) is 0 Å². The highest BCUT2D eigenvalue weighted by molar-refractivity contribution is 5.69. The summed E-state index contributed by atoms with van der Waals surface area (Å²) in [6.45, 7) is 7.77. The predicted molar refractivity (Wildman–Crippen MR) is 74.5 cm³/mol. The van der Waals surface area contributed by atoms with Gasteiger partial charge in [0.25, 0.3) is 0 Å². The maximum atomic E-state index is 11.3. The Kier molecular flexibility index (Phi) is 7.33. The Bertz CT molecular complexity index is 235. The van der Waals surface area contributed by atoms with Crippen LogP contribution in [0.1, 0.15) is 59.3 Å². The molecular weight excluding hydrogens is 226 g/mol. The van der Waals surface area contributed by atoms with E-state index < -0.39 is 0 Å². The zero-order valence-corrected chi connectivity index (χ0v) is 12.2. The van der Waals surface area contributed by atoms with Crippen molar-refractivity contribution in [2.45, 2.75) is 65.3 Å². The van der Waals surface area contributed by atoms with Gasteiger partial charge >= 0.3 is 5.97 Å². The van der Waals surface area contributed by atoms with Crippen LogP contribution in [-0.2, 0) is 9.53 Å². The van der Waals surface area contributed by atoms with Crippen LogP contribution in [0.25, 0.3) is 0 Å². The second-order valence-corrected chi connectivity index (χ2v) is 5.78. The Labute approximate surface area is 112 Å². The molecular formula is C15H29NO2. The molecule has 1 saturated carbocycles. The van der Waals surface area contributed by atoms with Crippen molar-refractivity contribution in [3.8, 4) is 0 Å². The van der Waals surface area contributed by atoms with E-state index in [0.717, 1.165) is 18.4 Å². The Morgan fingerprint density at radius 3 is 2.61 bits per heavy atom. The van der Waals surface area contributed by atoms with E-state index in [1.54, 1.807) is 0 Å². The molecule has 0 aromatic rings. The van der Waals surface area contributed by atoms with Gasteiger partial charge in [-0.05, 0) is 38.6 Å². The number of rotatable bonds is 7. The summed E-state index contributed by atoms with van der Waals surface area (Å²) in [5.41, 5.74) is 0. The molecule has 1 atom stereocenters. The SMILES string of the molecule is CCOC(=O)CC(C)NCCC1CCC(C)CC1. The van der Waals surface area contributed by atoms with E-state index in [1.807, 2.05) is 6.92 Å². The van der Waals surface area contributed by atoms with Crippen molar-refractivity contribution in [3.05, 3.63) is 0 Å². The van der Waals surface area contributed by atoms with Crippen molar-refractivity contribution in [2.75, 3.05) is 13.2 Å². The fourth-order valence-electron chi connectivity index (χ4n) is 2.69. The van der Waals surface area contributed by atoms with Crippen LogP contribution in [-0.4, -0.2) is 25.2 Å². The van der Waals surface area contributed by atoms with Crippen molar-refractivity contribution >= 4 is 5.97 Å². The molecule has 1 unspecified atom stereocenters. The lowest BCUT2D eigenvalue weighted by Gasteiger charge is -2.26. The molecule has 0 amide bonds. The number of hydrogen-bond acceptors (Lipinski definition) is 3. The number of carbonyl (C=O) groups is 1. The van der Waals surface area contributed by atoms with Gasteiger partial charge in [0.05, 0.1) is 13.0 Å². The van der Waals surface area contributed by atoms with Gasteiger partial charge in [0, 0.05) is 6.04 Å². The summed E-state index contributed by atoms with van der Waals surface area (Å²) >= 11 is 0. The molecule has 0 spiro atoms. The van der Waals surface area contributed by atoms with Crippen molar-refractivity contribution in [1.29, 1.82) is 0 Å². The summed E-state index contributed by atoms with van der Waals surface area (Å²) in [4.78, 5) is 11.3. The van der Waals surface area contributed by atoms with Crippen LogP contribution in [0.5, 0.6) is 0 Å². The molecule has 18 heavy (non-hydrogen) atoms. The smallest absolute Gasteiger partial charge is 0.307 e. The first kappa shape index (κ1) is 15.5. The standard InChI is InChI=1S/C15H29NO2/c1-4-18-15(17)11-13(3)16-10-9-14-7-5-12(2)6-8-14/h12-14,16H,4-11H2,1-3H3. The number of esters is 1. The van der Waals surface area contributed by atoms with Crippen LogP contribution in [0.15, 0.2) is 0 Å². The zero-order valence-electron chi connectivity index (χ0n) is 12.2. The zero-order chi connectivity index (χ0) is 13.4. The van der Waals surface area contributed by atoms with E-state index in [9.17, 15) is 4.79 Å². The van der Waals surface area contributed by atoms with Gasteiger partial charge in [-0.15, -0.1) is 0 Å². The Morgan fingerprint density at radius 1 is 1.33 bits per heavy atom. The molecule has 1 fully saturated rings. The van der Waals surface area contributed by atoms with Gasteiger partial charge in [-0.1, -0.05) is 32.6 Å². The number of carbonyl (C=O) groups excluding carboxylic acids is 1. The van der Waals surface area contributed by atoms with E-state index in [1.165, 1.54) is 32.1 Å². The first-order valence-corrected chi connectivity index (χ1v) is 7.50. The third kappa shape index (κ3) is 6.39. The minimum atomic E-state index is -0.0935. The van der Waals surface area contributed by atoms with E-state index in [-0.39, 0.29) is 12.0 Å². The summed E-state index contributed by atoms with van der Waals surface area (Å²) in [7, 11) is 0. The Balaban J connectivity index is 2.04. The molecule has 1 N–H and O–H groups in total. The molecule has 106 valence electrons. The minimum Gasteiger partial charge on any atom is -0.466 e. The van der Waals surface area contributed by atoms with E-state index in [2.05, 4.69) is 19.2 Å². The molecule has 3 heteroatoms. The third-order valence-corrected chi connectivity index (χ3v) is 3.96. The molecule has 0 heterocycles. The highest BCUT2D eigenvalue weighted by Crippen LogP contribution is 2.29. The maximum Gasteiger partial charge on any atom is 0.307 e. The number of nitrogens with one attached hydrogen (secondary N) is 1. The van der Waals surface area contributed by atoms with Gasteiger partial charge in [0.15, 0.2) is 0 Å². The second-order valence-electron chi connectivity index (χ2n) is 5.78. The first-order valence-electron chi connectivity index (χ1n) is 7.50. The maximum absolute atomic E-state index is 11.3. The van der Waals surface area contributed by atoms with Crippen LogP contribution < -0.4 is 5.32 Å². The molecule has 1 rings (SSSR count). The van der Waals surface area contributed by atoms with Gasteiger partial charge in [-0.25, -0.2) is 0 Å². The van der Waals surface area contributed by atoms with Crippen LogP contribution in [0.4, 0.5) is 0 Å². The molecule has 0 aromatic carbocycles. The lowest BCUT2D eigenvalue weighted by Crippen LogP contribution is -2.31. The topological polar surface area (TPSA) is 38.3 Å². The molecule has 0 aliphatic heterocycles. The number of ether oxygens (including phenoxy) is 1. The monoisotopic (exact) mass is 255 g/mol. The number of hydrogen-bond donors (Lipinski definition) is 1. The van der Waals surface area contributed by atoms with Crippen molar-refractivity contribution in [1.82, 2.24) is 5.32 Å². The van der Waals surface area contributed by atoms with Crippen LogP contribution in [0.2, 0.25) is 0 Å². The average Bonchev–Trinajstić information content (AvgIpc) is 2.32. The van der Waals surface area contributed by atoms with E-state index in [0.29, 0.717) is 13.0 Å². The highest BCUT2D eigenvalue weighted by Gasteiger charge is 2.18. The molecule has 1 aliphatic rings. The van der Waals surface area contributed by atoms with Crippen LogP contribution in [0.3, 0.4) is 0 Å². The van der Waals surface area contributed by atoms with Gasteiger partial charge in [-0.2, -0.15) is 0 Å². The fraction of sp³-hybridized carbons (Fsp3) is 0.933. The second kappa shape index (κ2) is 8.52. The largest absolute Gasteiger partial charge is 0.466 e. The predicted octanol–water partition coefficient (Wildman–Crippen LogP) is 3.13. The lowest BCUT2D eigenvalue weighted by molar-refractivity contribution is -0.143. The lowest BCUT2D eigenvalue weighted by atomic mass is 9.81. The quantitative estimate of drug-likeness (QED) is 0.710. The highest BCUT2D eigenvalue weighted by atomic mass is 16.5.